The Morgan fingerprint density at radius 2 is 2.05 bits per heavy atom. The molecule has 3 nitrogen and oxygen atoms in total. The van der Waals surface area contributed by atoms with Gasteiger partial charge >= 0.3 is 0 Å². The van der Waals surface area contributed by atoms with Gasteiger partial charge in [0.1, 0.15) is 17.1 Å². The minimum absolute atomic E-state index is 0.192. The smallest absolute Gasteiger partial charge is 0.146 e. The minimum Gasteiger partial charge on any atom is -0.494 e. The summed E-state index contributed by atoms with van der Waals surface area (Å²) in [6.07, 6.45) is 0.771. The zero-order valence-corrected chi connectivity index (χ0v) is 14.4. The summed E-state index contributed by atoms with van der Waals surface area (Å²) in [5.41, 5.74) is 2.25. The van der Waals surface area contributed by atoms with Crippen molar-refractivity contribution in [2.75, 3.05) is 13.0 Å². The molecule has 1 heterocycles. The number of methoxy groups -OCH3 is 1. The Hall–Kier alpha value is -1.22. The van der Waals surface area contributed by atoms with Crippen LogP contribution in [0.15, 0.2) is 18.2 Å². The van der Waals surface area contributed by atoms with Gasteiger partial charge < -0.3 is 9.30 Å². The van der Waals surface area contributed by atoms with Gasteiger partial charge in [0.15, 0.2) is 0 Å². The number of alkyl halides is 1. The normalized spacial score (nSPS) is 12.3. The first-order valence-corrected chi connectivity index (χ1v) is 8.02. The Morgan fingerprint density at radius 1 is 1.33 bits per heavy atom. The summed E-state index contributed by atoms with van der Waals surface area (Å²) in [5, 5.41) is 0. The number of fused-ring (bicyclic) bond motifs is 1. The number of hydrogen-bond acceptors (Lipinski definition) is 2. The van der Waals surface area contributed by atoms with E-state index in [-0.39, 0.29) is 5.41 Å². The molecule has 1 aromatic heterocycles. The zero-order valence-electron chi connectivity index (χ0n) is 13.6. The van der Waals surface area contributed by atoms with E-state index in [0.717, 1.165) is 35.6 Å². The van der Waals surface area contributed by atoms with Crippen molar-refractivity contribution in [3.8, 4) is 5.75 Å². The molecule has 2 rings (SSSR count). The quantitative estimate of drug-likeness (QED) is 0.734. The molecule has 2 aromatic rings. The molecule has 1 aromatic carbocycles. The summed E-state index contributed by atoms with van der Waals surface area (Å²) < 4.78 is 7.75. The summed E-state index contributed by atoms with van der Waals surface area (Å²) >= 11 is 5.96. The van der Waals surface area contributed by atoms with E-state index in [2.05, 4.69) is 38.3 Å². The maximum absolute atomic E-state index is 5.96. The van der Waals surface area contributed by atoms with E-state index in [9.17, 15) is 0 Å². The standard InChI is InChI=1S/C17H25ClN2O/c1-12(2)17(3,4)11-20-13-7-6-8-14(21-5)16(13)19-15(20)9-10-18/h6-8,12H,9-11H2,1-5H3. The molecule has 0 bridgehead atoms. The number of imidazole rings is 1. The van der Waals surface area contributed by atoms with Crippen molar-refractivity contribution < 1.29 is 4.74 Å². The number of aromatic nitrogens is 2. The lowest BCUT2D eigenvalue weighted by molar-refractivity contribution is 0.210. The van der Waals surface area contributed by atoms with Crippen LogP contribution >= 0.6 is 11.6 Å². The molecule has 0 aliphatic carbocycles. The average Bonchev–Trinajstić information content (AvgIpc) is 2.76. The van der Waals surface area contributed by atoms with Crippen molar-refractivity contribution in [1.82, 2.24) is 9.55 Å². The summed E-state index contributed by atoms with van der Waals surface area (Å²) in [7, 11) is 1.69. The van der Waals surface area contributed by atoms with Crippen LogP contribution in [-0.4, -0.2) is 22.5 Å². The molecule has 0 aliphatic heterocycles. The molecule has 0 spiro atoms. The highest BCUT2D eigenvalue weighted by atomic mass is 35.5. The molecular weight excluding hydrogens is 284 g/mol. The second-order valence-corrected chi connectivity index (χ2v) is 6.90. The maximum atomic E-state index is 5.96. The first-order valence-electron chi connectivity index (χ1n) is 7.48. The SMILES string of the molecule is COc1cccc2c1nc(CCCl)n2CC(C)(C)C(C)C. The lowest BCUT2D eigenvalue weighted by Crippen LogP contribution is -2.26. The number of para-hydroxylation sites is 1. The first-order chi connectivity index (χ1) is 9.90. The lowest BCUT2D eigenvalue weighted by Gasteiger charge is -2.30. The molecule has 0 unspecified atom stereocenters. The number of hydrogen-bond donors (Lipinski definition) is 0. The van der Waals surface area contributed by atoms with E-state index in [1.807, 2.05) is 12.1 Å². The van der Waals surface area contributed by atoms with Crippen LogP contribution in [0.5, 0.6) is 5.75 Å². The van der Waals surface area contributed by atoms with Crippen LogP contribution in [0.3, 0.4) is 0 Å². The summed E-state index contributed by atoms with van der Waals surface area (Å²) in [5.74, 6) is 3.03. The molecule has 0 aliphatic rings. The van der Waals surface area contributed by atoms with Crippen LogP contribution in [0.25, 0.3) is 11.0 Å². The van der Waals surface area contributed by atoms with Crippen LogP contribution in [0.4, 0.5) is 0 Å². The highest BCUT2D eigenvalue weighted by Crippen LogP contribution is 2.32. The van der Waals surface area contributed by atoms with Gasteiger partial charge in [-0.05, 0) is 23.5 Å². The van der Waals surface area contributed by atoms with Gasteiger partial charge in [-0.15, -0.1) is 11.6 Å². The average molecular weight is 309 g/mol. The summed E-state index contributed by atoms with van der Waals surface area (Å²) in [4.78, 5) is 4.77. The fraction of sp³-hybridized carbons (Fsp3) is 0.588. The Balaban J connectivity index is 2.56. The van der Waals surface area contributed by atoms with Crippen molar-refractivity contribution in [3.63, 3.8) is 0 Å². The Kier molecular flexibility index (Phi) is 4.82. The van der Waals surface area contributed by atoms with Crippen molar-refractivity contribution in [2.45, 2.75) is 40.7 Å². The van der Waals surface area contributed by atoms with Crippen molar-refractivity contribution in [2.24, 2.45) is 11.3 Å². The molecule has 0 atom stereocenters. The van der Waals surface area contributed by atoms with Crippen molar-refractivity contribution >= 4 is 22.6 Å². The molecule has 0 saturated heterocycles. The largest absolute Gasteiger partial charge is 0.494 e. The van der Waals surface area contributed by atoms with Gasteiger partial charge in [-0.1, -0.05) is 33.8 Å². The molecule has 0 saturated carbocycles. The van der Waals surface area contributed by atoms with Gasteiger partial charge in [0.25, 0.3) is 0 Å². The fourth-order valence-electron chi connectivity index (χ4n) is 2.38. The third-order valence-electron chi connectivity index (χ3n) is 4.49. The van der Waals surface area contributed by atoms with E-state index in [4.69, 9.17) is 21.3 Å². The van der Waals surface area contributed by atoms with Gasteiger partial charge in [0.2, 0.25) is 0 Å². The van der Waals surface area contributed by atoms with Crippen LogP contribution in [0.2, 0.25) is 0 Å². The monoisotopic (exact) mass is 308 g/mol. The van der Waals surface area contributed by atoms with Gasteiger partial charge in [0, 0.05) is 18.8 Å². The number of aryl methyl sites for hydroxylation is 1. The molecule has 0 amide bonds. The van der Waals surface area contributed by atoms with Crippen molar-refractivity contribution in [1.29, 1.82) is 0 Å². The highest BCUT2D eigenvalue weighted by molar-refractivity contribution is 6.17. The number of ether oxygens (including phenoxy) is 1. The number of benzene rings is 1. The predicted molar refractivity (Wildman–Crippen MR) is 89.3 cm³/mol. The molecule has 0 N–H and O–H groups in total. The van der Waals surface area contributed by atoms with Gasteiger partial charge in [-0.2, -0.15) is 0 Å². The minimum atomic E-state index is 0.192. The maximum Gasteiger partial charge on any atom is 0.146 e. The van der Waals surface area contributed by atoms with Crippen LogP contribution < -0.4 is 4.74 Å². The molecular formula is C17H25ClN2O. The lowest BCUT2D eigenvalue weighted by atomic mass is 9.81. The van der Waals surface area contributed by atoms with E-state index < -0.39 is 0 Å². The second-order valence-electron chi connectivity index (χ2n) is 6.52. The second kappa shape index (κ2) is 6.27. The van der Waals surface area contributed by atoms with Crippen LogP contribution in [-0.2, 0) is 13.0 Å². The van der Waals surface area contributed by atoms with E-state index in [0.29, 0.717) is 11.8 Å². The van der Waals surface area contributed by atoms with E-state index >= 15 is 0 Å². The van der Waals surface area contributed by atoms with E-state index in [1.54, 1.807) is 7.11 Å². The van der Waals surface area contributed by atoms with Crippen LogP contribution in [0.1, 0.15) is 33.5 Å². The van der Waals surface area contributed by atoms with Gasteiger partial charge in [-0.3, -0.25) is 0 Å². The van der Waals surface area contributed by atoms with Crippen molar-refractivity contribution in [3.05, 3.63) is 24.0 Å². The molecule has 4 heteroatoms. The van der Waals surface area contributed by atoms with Gasteiger partial charge in [0.05, 0.1) is 12.6 Å². The van der Waals surface area contributed by atoms with E-state index in [1.165, 1.54) is 0 Å². The first kappa shape index (κ1) is 16.2. The summed E-state index contributed by atoms with van der Waals surface area (Å²) in [6.45, 7) is 10.1. The van der Waals surface area contributed by atoms with Gasteiger partial charge in [-0.25, -0.2) is 4.98 Å². The number of nitrogens with zero attached hydrogens (tertiary/aromatic N) is 2. The zero-order chi connectivity index (χ0) is 15.6. The third kappa shape index (κ3) is 3.18. The Morgan fingerprint density at radius 3 is 2.62 bits per heavy atom. The molecule has 0 radical (unpaired) electrons. The molecule has 21 heavy (non-hydrogen) atoms. The third-order valence-corrected chi connectivity index (χ3v) is 4.68. The Labute approximate surface area is 132 Å². The highest BCUT2D eigenvalue weighted by Gasteiger charge is 2.25. The fourth-order valence-corrected chi connectivity index (χ4v) is 2.55. The molecule has 116 valence electrons. The molecule has 0 fully saturated rings. The Bertz CT molecular complexity index is 617. The summed E-state index contributed by atoms with van der Waals surface area (Å²) in [6, 6.07) is 6.09. The van der Waals surface area contributed by atoms with Crippen LogP contribution in [0, 0.1) is 11.3 Å². The number of halogens is 1. The topological polar surface area (TPSA) is 27.1 Å². The predicted octanol–water partition coefficient (Wildman–Crippen LogP) is 4.51. The number of rotatable bonds is 6.